The first-order valence-electron chi connectivity index (χ1n) is 4.14. The van der Waals surface area contributed by atoms with Gasteiger partial charge in [-0.3, -0.25) is 4.79 Å². The van der Waals surface area contributed by atoms with Crippen LogP contribution in [-0.4, -0.2) is 30.2 Å². The van der Waals surface area contributed by atoms with E-state index in [1.165, 1.54) is 6.08 Å². The summed E-state index contributed by atoms with van der Waals surface area (Å²) in [6, 6.07) is 0.155. The number of ether oxygens (including phenoxy) is 1. The van der Waals surface area contributed by atoms with Crippen molar-refractivity contribution in [1.82, 2.24) is 4.90 Å². The second-order valence-corrected chi connectivity index (χ2v) is 2.73. The molecule has 0 rings (SSSR count). The van der Waals surface area contributed by atoms with Gasteiger partial charge in [-0.05, 0) is 26.8 Å². The highest BCUT2D eigenvalue weighted by atomic mass is 16.5. The summed E-state index contributed by atoms with van der Waals surface area (Å²) in [7, 11) is 0. The molecule has 0 N–H and O–H groups in total. The van der Waals surface area contributed by atoms with E-state index in [4.69, 9.17) is 4.74 Å². The highest BCUT2D eigenvalue weighted by Crippen LogP contribution is 1.99. The molecule has 0 aromatic heterocycles. The van der Waals surface area contributed by atoms with E-state index in [-0.39, 0.29) is 11.9 Å². The Balaban J connectivity index is 4.03. The van der Waals surface area contributed by atoms with Crippen molar-refractivity contribution in [3.8, 4) is 0 Å². The molecule has 0 unspecified atom stereocenters. The zero-order valence-corrected chi connectivity index (χ0v) is 8.04. The molecule has 0 fully saturated rings. The lowest BCUT2D eigenvalue weighted by Gasteiger charge is -2.24. The van der Waals surface area contributed by atoms with Crippen molar-refractivity contribution in [1.29, 1.82) is 0 Å². The molecule has 0 heterocycles. The molecule has 3 nitrogen and oxygen atoms in total. The van der Waals surface area contributed by atoms with Crippen molar-refractivity contribution >= 4 is 5.91 Å². The normalized spacial score (nSPS) is 10.0. The van der Waals surface area contributed by atoms with E-state index in [2.05, 4.69) is 6.58 Å². The predicted molar refractivity (Wildman–Crippen MR) is 48.7 cm³/mol. The molecular formula is C9H17NO2. The molecule has 0 aliphatic rings. The maximum atomic E-state index is 11.2. The molecule has 0 atom stereocenters. The summed E-state index contributed by atoms with van der Waals surface area (Å²) < 4.78 is 5.14. The summed E-state index contributed by atoms with van der Waals surface area (Å²) >= 11 is 0. The number of hydrogen-bond donors (Lipinski definition) is 0. The Bertz CT molecular complexity index is 155. The molecule has 0 saturated heterocycles. The van der Waals surface area contributed by atoms with Crippen molar-refractivity contribution in [2.75, 3.05) is 13.3 Å². The van der Waals surface area contributed by atoms with Gasteiger partial charge < -0.3 is 9.64 Å². The van der Waals surface area contributed by atoms with Gasteiger partial charge in [-0.25, -0.2) is 0 Å². The van der Waals surface area contributed by atoms with Crippen LogP contribution in [0, 0.1) is 0 Å². The lowest BCUT2D eigenvalue weighted by Crippen LogP contribution is -2.37. The van der Waals surface area contributed by atoms with Crippen LogP contribution in [0.3, 0.4) is 0 Å². The molecule has 0 bridgehead atoms. The predicted octanol–water partition coefficient (Wildman–Crippen LogP) is 1.40. The molecule has 3 heteroatoms. The second kappa shape index (κ2) is 5.77. The molecule has 0 aromatic carbocycles. The molecule has 0 saturated carbocycles. The third-order valence-corrected chi connectivity index (χ3v) is 1.52. The van der Waals surface area contributed by atoms with Crippen molar-refractivity contribution in [3.05, 3.63) is 12.7 Å². The van der Waals surface area contributed by atoms with Crippen LogP contribution in [-0.2, 0) is 9.53 Å². The topological polar surface area (TPSA) is 29.5 Å². The fraction of sp³-hybridized carbons (Fsp3) is 0.667. The summed E-state index contributed by atoms with van der Waals surface area (Å²) in [6.07, 6.45) is 1.30. The largest absolute Gasteiger partial charge is 0.361 e. The first-order valence-corrected chi connectivity index (χ1v) is 4.14. The van der Waals surface area contributed by atoms with Crippen LogP contribution >= 0.6 is 0 Å². The van der Waals surface area contributed by atoms with Crippen LogP contribution in [0.1, 0.15) is 20.8 Å². The molecule has 70 valence electrons. The minimum absolute atomic E-state index is 0.0848. The number of rotatable bonds is 5. The van der Waals surface area contributed by atoms with Crippen LogP contribution < -0.4 is 0 Å². The van der Waals surface area contributed by atoms with Gasteiger partial charge in [0.15, 0.2) is 0 Å². The Labute approximate surface area is 74.0 Å². The molecule has 0 spiro atoms. The highest BCUT2D eigenvalue weighted by molar-refractivity contribution is 5.87. The first kappa shape index (κ1) is 11.2. The van der Waals surface area contributed by atoms with Gasteiger partial charge in [-0.15, -0.1) is 0 Å². The van der Waals surface area contributed by atoms with Gasteiger partial charge in [-0.1, -0.05) is 6.58 Å². The maximum Gasteiger partial charge on any atom is 0.248 e. The first-order chi connectivity index (χ1) is 5.63. The average Bonchev–Trinajstić information content (AvgIpc) is 2.04. The number of amides is 1. The SMILES string of the molecule is C=CC(=O)N(COCC)C(C)C. The van der Waals surface area contributed by atoms with E-state index in [9.17, 15) is 4.79 Å². The Kier molecular flexibility index (Phi) is 5.37. The van der Waals surface area contributed by atoms with Gasteiger partial charge in [0.2, 0.25) is 5.91 Å². The van der Waals surface area contributed by atoms with Gasteiger partial charge in [0.25, 0.3) is 0 Å². The quantitative estimate of drug-likeness (QED) is 0.462. The number of carbonyl (C=O) groups is 1. The zero-order valence-electron chi connectivity index (χ0n) is 8.04. The van der Waals surface area contributed by atoms with Crippen molar-refractivity contribution in [2.24, 2.45) is 0 Å². The standard InChI is InChI=1S/C9H17NO2/c1-5-9(11)10(8(3)4)7-12-6-2/h5,8H,1,6-7H2,2-4H3. The highest BCUT2D eigenvalue weighted by Gasteiger charge is 2.12. The molecule has 1 amide bonds. The Morgan fingerprint density at radius 1 is 1.67 bits per heavy atom. The Morgan fingerprint density at radius 2 is 2.25 bits per heavy atom. The Hall–Kier alpha value is -0.830. The van der Waals surface area contributed by atoms with Gasteiger partial charge in [0.1, 0.15) is 6.73 Å². The van der Waals surface area contributed by atoms with Crippen LogP contribution in [0.4, 0.5) is 0 Å². The summed E-state index contributed by atoms with van der Waals surface area (Å²) in [4.78, 5) is 12.8. The lowest BCUT2D eigenvalue weighted by molar-refractivity contribution is -0.133. The van der Waals surface area contributed by atoms with Crippen molar-refractivity contribution in [3.63, 3.8) is 0 Å². The van der Waals surface area contributed by atoms with E-state index in [0.717, 1.165) is 0 Å². The van der Waals surface area contributed by atoms with Gasteiger partial charge >= 0.3 is 0 Å². The molecule has 0 aliphatic heterocycles. The minimum Gasteiger partial charge on any atom is -0.361 e. The van der Waals surface area contributed by atoms with Crippen molar-refractivity contribution < 1.29 is 9.53 Å². The number of hydrogen-bond acceptors (Lipinski definition) is 2. The van der Waals surface area contributed by atoms with Crippen LogP contribution in [0.2, 0.25) is 0 Å². The number of carbonyl (C=O) groups excluding carboxylic acids is 1. The summed E-state index contributed by atoms with van der Waals surface area (Å²) in [5, 5.41) is 0. The second-order valence-electron chi connectivity index (χ2n) is 2.73. The third kappa shape index (κ3) is 3.53. The van der Waals surface area contributed by atoms with Gasteiger partial charge in [0, 0.05) is 12.6 Å². The summed E-state index contributed by atoms with van der Waals surface area (Å²) in [5.41, 5.74) is 0. The lowest BCUT2D eigenvalue weighted by atomic mass is 10.3. The van der Waals surface area contributed by atoms with E-state index in [0.29, 0.717) is 13.3 Å². The maximum absolute atomic E-state index is 11.2. The smallest absolute Gasteiger partial charge is 0.248 e. The van der Waals surface area contributed by atoms with Gasteiger partial charge in [-0.2, -0.15) is 0 Å². The average molecular weight is 171 g/mol. The van der Waals surface area contributed by atoms with Crippen LogP contribution in [0.5, 0.6) is 0 Å². The molecular weight excluding hydrogens is 154 g/mol. The monoisotopic (exact) mass is 171 g/mol. The fourth-order valence-corrected chi connectivity index (χ4v) is 0.774. The Morgan fingerprint density at radius 3 is 2.58 bits per heavy atom. The molecule has 12 heavy (non-hydrogen) atoms. The van der Waals surface area contributed by atoms with E-state index >= 15 is 0 Å². The van der Waals surface area contributed by atoms with E-state index in [1.807, 2.05) is 20.8 Å². The molecule has 0 aromatic rings. The van der Waals surface area contributed by atoms with Gasteiger partial charge in [0.05, 0.1) is 0 Å². The van der Waals surface area contributed by atoms with E-state index in [1.54, 1.807) is 4.90 Å². The van der Waals surface area contributed by atoms with Crippen LogP contribution in [0.25, 0.3) is 0 Å². The van der Waals surface area contributed by atoms with E-state index < -0.39 is 0 Å². The number of nitrogens with zero attached hydrogens (tertiary/aromatic N) is 1. The van der Waals surface area contributed by atoms with Crippen LogP contribution in [0.15, 0.2) is 12.7 Å². The minimum atomic E-state index is -0.0848. The fourth-order valence-electron chi connectivity index (χ4n) is 0.774. The summed E-state index contributed by atoms with van der Waals surface area (Å²) in [5.74, 6) is -0.0848. The van der Waals surface area contributed by atoms with Crippen molar-refractivity contribution in [2.45, 2.75) is 26.8 Å². The third-order valence-electron chi connectivity index (χ3n) is 1.52. The molecule has 0 radical (unpaired) electrons. The summed E-state index contributed by atoms with van der Waals surface area (Å²) in [6.45, 7) is 10.2. The zero-order chi connectivity index (χ0) is 9.56. The molecule has 0 aliphatic carbocycles.